The summed E-state index contributed by atoms with van der Waals surface area (Å²) in [6.07, 6.45) is -5.00. The number of aliphatic carboxylic acids is 1. The third kappa shape index (κ3) is 3.56. The van der Waals surface area contributed by atoms with Gasteiger partial charge in [0.2, 0.25) is 5.95 Å². The van der Waals surface area contributed by atoms with Gasteiger partial charge in [0.15, 0.2) is 0 Å². The Bertz CT molecular complexity index is 683. The second-order valence-corrected chi connectivity index (χ2v) is 4.29. The number of halogens is 4. The Morgan fingerprint density at radius 2 is 1.90 bits per heavy atom. The van der Waals surface area contributed by atoms with E-state index in [9.17, 15) is 22.4 Å². The van der Waals surface area contributed by atoms with Gasteiger partial charge in [-0.3, -0.25) is 4.79 Å². The minimum absolute atomic E-state index is 0.0144. The number of benzene rings is 1. The van der Waals surface area contributed by atoms with Crippen molar-refractivity contribution in [3.63, 3.8) is 0 Å². The van der Waals surface area contributed by atoms with E-state index in [0.29, 0.717) is 0 Å². The van der Waals surface area contributed by atoms with Crippen molar-refractivity contribution in [1.29, 1.82) is 0 Å². The summed E-state index contributed by atoms with van der Waals surface area (Å²) in [4.78, 5) is 14.3. The van der Waals surface area contributed by atoms with Gasteiger partial charge in [0, 0.05) is 5.56 Å². The highest BCUT2D eigenvalue weighted by Gasteiger charge is 2.30. The minimum atomic E-state index is -4.55. The molecule has 2 aromatic rings. The van der Waals surface area contributed by atoms with E-state index >= 15 is 0 Å². The fourth-order valence-corrected chi connectivity index (χ4v) is 1.86. The Hall–Kier alpha value is -2.44. The molecule has 2 rings (SSSR count). The van der Waals surface area contributed by atoms with Crippen LogP contribution in [0.25, 0.3) is 11.3 Å². The zero-order valence-electron chi connectivity index (χ0n) is 10.5. The lowest BCUT2D eigenvalue weighted by Crippen LogP contribution is -2.06. The average molecular weight is 299 g/mol. The van der Waals surface area contributed by atoms with Crippen molar-refractivity contribution < 1.29 is 27.5 Å². The first-order chi connectivity index (χ1) is 9.77. The van der Waals surface area contributed by atoms with E-state index in [1.165, 1.54) is 12.1 Å². The van der Waals surface area contributed by atoms with Gasteiger partial charge in [-0.05, 0) is 23.8 Å². The molecule has 0 spiro atoms. The van der Waals surface area contributed by atoms with E-state index in [1.54, 1.807) is 0 Å². The van der Waals surface area contributed by atoms with Crippen LogP contribution in [0.15, 0.2) is 36.4 Å². The molecule has 0 bridgehead atoms. The fraction of sp³-hybridized carbons (Fsp3) is 0.143. The number of carboxylic acid groups (broad SMARTS) is 1. The molecule has 0 saturated heterocycles. The number of carbonyl (C=O) groups is 1. The lowest BCUT2D eigenvalue weighted by atomic mass is 10.0. The van der Waals surface area contributed by atoms with Crippen LogP contribution in [0.5, 0.6) is 0 Å². The molecule has 3 nitrogen and oxygen atoms in total. The molecule has 110 valence electrons. The van der Waals surface area contributed by atoms with Gasteiger partial charge in [-0.15, -0.1) is 0 Å². The quantitative estimate of drug-likeness (QED) is 0.696. The van der Waals surface area contributed by atoms with E-state index in [1.807, 2.05) is 0 Å². The van der Waals surface area contributed by atoms with Gasteiger partial charge in [-0.25, -0.2) is 4.98 Å². The summed E-state index contributed by atoms with van der Waals surface area (Å²) < 4.78 is 51.3. The summed E-state index contributed by atoms with van der Waals surface area (Å²) in [6, 6.07) is 6.34. The first-order valence-corrected chi connectivity index (χ1v) is 5.82. The number of alkyl halides is 3. The SMILES string of the molecule is O=C(O)Cc1ccc(F)nc1-c1cccc(C(F)(F)F)c1. The Labute approximate surface area is 116 Å². The maximum atomic E-state index is 13.2. The summed E-state index contributed by atoms with van der Waals surface area (Å²) >= 11 is 0. The number of nitrogens with zero attached hydrogens (tertiary/aromatic N) is 1. The first-order valence-electron chi connectivity index (χ1n) is 5.82. The monoisotopic (exact) mass is 299 g/mol. The molecule has 1 N–H and O–H groups in total. The van der Waals surface area contributed by atoms with Crippen molar-refractivity contribution in [2.75, 3.05) is 0 Å². The molecule has 7 heteroatoms. The van der Waals surface area contributed by atoms with Crippen molar-refractivity contribution in [2.24, 2.45) is 0 Å². The third-order valence-corrected chi connectivity index (χ3v) is 2.75. The van der Waals surface area contributed by atoms with Crippen molar-refractivity contribution in [3.05, 3.63) is 53.5 Å². The molecule has 21 heavy (non-hydrogen) atoms. The predicted octanol–water partition coefficient (Wildman–Crippen LogP) is 3.53. The maximum Gasteiger partial charge on any atom is 0.416 e. The molecule has 0 aliphatic heterocycles. The third-order valence-electron chi connectivity index (χ3n) is 2.75. The topological polar surface area (TPSA) is 50.2 Å². The normalized spacial score (nSPS) is 11.4. The van der Waals surface area contributed by atoms with Crippen LogP contribution in [0, 0.1) is 5.95 Å². The molecule has 0 saturated carbocycles. The van der Waals surface area contributed by atoms with E-state index in [0.717, 1.165) is 24.3 Å². The largest absolute Gasteiger partial charge is 0.481 e. The molecule has 0 fully saturated rings. The lowest BCUT2D eigenvalue weighted by Gasteiger charge is -2.11. The number of hydrogen-bond acceptors (Lipinski definition) is 2. The van der Waals surface area contributed by atoms with Gasteiger partial charge in [0.25, 0.3) is 0 Å². The fourth-order valence-electron chi connectivity index (χ4n) is 1.86. The van der Waals surface area contributed by atoms with Crippen LogP contribution in [0.1, 0.15) is 11.1 Å². The molecule has 1 heterocycles. The average Bonchev–Trinajstić information content (AvgIpc) is 2.39. The number of pyridine rings is 1. The zero-order valence-corrected chi connectivity index (χ0v) is 10.5. The second-order valence-electron chi connectivity index (χ2n) is 4.29. The van der Waals surface area contributed by atoms with Gasteiger partial charge in [-0.2, -0.15) is 17.6 Å². The van der Waals surface area contributed by atoms with Crippen LogP contribution in [0.4, 0.5) is 17.6 Å². The Balaban J connectivity index is 2.55. The molecule has 0 aliphatic carbocycles. The number of hydrogen-bond donors (Lipinski definition) is 1. The molecular formula is C14H9F4NO2. The molecule has 1 aromatic carbocycles. The highest BCUT2D eigenvalue weighted by Crippen LogP contribution is 2.32. The Morgan fingerprint density at radius 1 is 1.19 bits per heavy atom. The summed E-state index contributed by atoms with van der Waals surface area (Å²) in [5.41, 5.74) is -0.861. The number of carboxylic acids is 1. The summed E-state index contributed by atoms with van der Waals surface area (Å²) in [6.45, 7) is 0. The van der Waals surface area contributed by atoms with E-state index in [2.05, 4.69) is 4.98 Å². The van der Waals surface area contributed by atoms with Crippen LogP contribution in [-0.4, -0.2) is 16.1 Å². The molecule has 0 aliphatic rings. The van der Waals surface area contributed by atoms with Crippen LogP contribution in [0.3, 0.4) is 0 Å². The number of rotatable bonds is 3. The smallest absolute Gasteiger partial charge is 0.416 e. The van der Waals surface area contributed by atoms with Crippen molar-refractivity contribution in [3.8, 4) is 11.3 Å². The molecule has 0 atom stereocenters. The summed E-state index contributed by atoms with van der Waals surface area (Å²) in [7, 11) is 0. The molecule has 1 aromatic heterocycles. The highest BCUT2D eigenvalue weighted by molar-refractivity contribution is 5.75. The van der Waals surface area contributed by atoms with E-state index < -0.39 is 30.1 Å². The van der Waals surface area contributed by atoms with Gasteiger partial charge in [0.1, 0.15) is 0 Å². The van der Waals surface area contributed by atoms with Crippen molar-refractivity contribution in [1.82, 2.24) is 4.98 Å². The van der Waals surface area contributed by atoms with Crippen LogP contribution in [0.2, 0.25) is 0 Å². The first kappa shape index (κ1) is 15.0. The highest BCUT2D eigenvalue weighted by atomic mass is 19.4. The Kier molecular flexibility index (Phi) is 3.93. The van der Waals surface area contributed by atoms with Crippen LogP contribution < -0.4 is 0 Å². The van der Waals surface area contributed by atoms with Gasteiger partial charge in [-0.1, -0.05) is 18.2 Å². The summed E-state index contributed by atoms with van der Waals surface area (Å²) in [5.74, 6) is -2.08. The van der Waals surface area contributed by atoms with Crippen LogP contribution in [-0.2, 0) is 17.4 Å². The summed E-state index contributed by atoms with van der Waals surface area (Å²) in [5, 5.41) is 8.79. The molecule has 0 amide bonds. The van der Waals surface area contributed by atoms with E-state index in [-0.39, 0.29) is 16.8 Å². The Morgan fingerprint density at radius 3 is 2.52 bits per heavy atom. The van der Waals surface area contributed by atoms with Crippen molar-refractivity contribution >= 4 is 5.97 Å². The molecule has 0 unspecified atom stereocenters. The van der Waals surface area contributed by atoms with Crippen LogP contribution >= 0.6 is 0 Å². The van der Waals surface area contributed by atoms with Crippen molar-refractivity contribution in [2.45, 2.75) is 12.6 Å². The second kappa shape index (κ2) is 5.51. The van der Waals surface area contributed by atoms with Gasteiger partial charge in [0.05, 0.1) is 17.7 Å². The number of aromatic nitrogens is 1. The molecule has 0 radical (unpaired) electrons. The lowest BCUT2D eigenvalue weighted by molar-refractivity contribution is -0.138. The minimum Gasteiger partial charge on any atom is -0.481 e. The zero-order chi connectivity index (χ0) is 15.6. The van der Waals surface area contributed by atoms with Gasteiger partial charge >= 0.3 is 12.1 Å². The predicted molar refractivity (Wildman–Crippen MR) is 66.0 cm³/mol. The molecular weight excluding hydrogens is 290 g/mol. The van der Waals surface area contributed by atoms with E-state index in [4.69, 9.17) is 5.11 Å². The maximum absolute atomic E-state index is 13.2. The standard InChI is InChI=1S/C14H9F4NO2/c15-11-5-4-9(7-12(20)21)13(19-11)8-2-1-3-10(6-8)14(16,17)18/h1-6H,7H2,(H,20,21). The van der Waals surface area contributed by atoms with Gasteiger partial charge < -0.3 is 5.11 Å².